The van der Waals surface area contributed by atoms with Crippen LogP contribution in [0.4, 0.5) is 21.8 Å². The second-order valence-corrected chi connectivity index (χ2v) is 22.0. The van der Waals surface area contributed by atoms with Crippen molar-refractivity contribution in [2.24, 2.45) is 17.1 Å². The number of sulfonamides is 1. The molecular weight excluding hydrogens is 984 g/mol. The van der Waals surface area contributed by atoms with Crippen LogP contribution in [0.25, 0.3) is 10.4 Å². The van der Waals surface area contributed by atoms with Gasteiger partial charge >= 0.3 is 0 Å². The summed E-state index contributed by atoms with van der Waals surface area (Å²) in [6.45, 7) is 9.44. The number of hydrogen-bond donors (Lipinski definition) is 6. The molecule has 366 valence electrons. The molecule has 0 radical (unpaired) electrons. The summed E-state index contributed by atoms with van der Waals surface area (Å²) in [5.74, 6) is -4.15. The lowest BCUT2D eigenvalue weighted by Gasteiger charge is -2.35. The van der Waals surface area contributed by atoms with Gasteiger partial charge < -0.3 is 37.0 Å². The number of nitrogens with two attached hydrogens (primary N) is 1. The Balaban J connectivity index is 0.936. The smallest absolute Gasteiger partial charge is 0.253 e. The predicted molar refractivity (Wildman–Crippen MR) is 260 cm³/mol. The van der Waals surface area contributed by atoms with Gasteiger partial charge in [0, 0.05) is 70.0 Å². The number of hydrogen-bond acceptors (Lipinski definition) is 14. The number of ketones is 1. The average molecular weight is 1040 g/mol. The summed E-state index contributed by atoms with van der Waals surface area (Å²) in [7, 11) is -3.75. The molecule has 68 heavy (non-hydrogen) atoms. The molecule has 18 nitrogen and oxygen atoms in total. The standard InChI is InChI=1S/C46H58BrFN10O8S2/c1-26(28-9-11-29(12-10-28)40-27(2)52-25-67-40)53-43(63)37-22-32(60)24-58(37)44(64)33(46(3,4)5)21-31(59)13-14-38(61)50-17-20-68(65,66)57-18-15-30(16-19-57)54-45-51-23-34(47)42(56-45)55-36-8-6-7-35(48)39(36)41(49)62/h6-12,23,25-26,30,32-33,37,60H,13-22,24H2,1-5H3,(H2,49,62)(H,50,61)(H,53,63)(H2,51,54,55,56)/t26-,32+,33+,37-/m0/s1. The summed E-state index contributed by atoms with van der Waals surface area (Å²) in [6, 6.07) is 10.3. The second-order valence-electron chi connectivity index (χ2n) is 18.2. The SMILES string of the molecule is Cc1ncsc1-c1ccc([C@H](C)NC(=O)[C@@H]2C[C@@H](O)CN2C(=O)[C@@H](CC(=O)CCC(=O)NCCS(=O)(=O)N2CCC(Nc3ncc(Br)c(Nc4cccc(F)c4C(N)=O)n3)CC2)C(C)(C)C)cc1. The first-order valence-electron chi connectivity index (χ1n) is 22.3. The molecule has 2 aromatic heterocycles. The molecule has 7 N–H and O–H groups in total. The van der Waals surface area contributed by atoms with Crippen molar-refractivity contribution in [1.82, 2.24) is 34.8 Å². The predicted octanol–water partition coefficient (Wildman–Crippen LogP) is 5.22. The third-order valence-electron chi connectivity index (χ3n) is 12.2. The molecule has 22 heteroatoms. The fourth-order valence-corrected chi connectivity index (χ4v) is 10.8. The first-order chi connectivity index (χ1) is 32.1. The van der Waals surface area contributed by atoms with Gasteiger partial charge in [-0.05, 0) is 71.3 Å². The van der Waals surface area contributed by atoms with Crippen molar-refractivity contribution in [3.05, 3.63) is 81.3 Å². The average Bonchev–Trinajstić information content (AvgIpc) is 3.90. The number of primary amides is 1. The van der Waals surface area contributed by atoms with Gasteiger partial charge in [0.25, 0.3) is 5.91 Å². The summed E-state index contributed by atoms with van der Waals surface area (Å²) in [5, 5.41) is 22.3. The lowest BCUT2D eigenvalue weighted by Crippen LogP contribution is -2.50. The summed E-state index contributed by atoms with van der Waals surface area (Å²) in [5.41, 5.74) is 9.09. The molecule has 4 atom stereocenters. The van der Waals surface area contributed by atoms with E-state index >= 15 is 0 Å². The minimum Gasteiger partial charge on any atom is -0.391 e. The third-order valence-corrected chi connectivity index (χ3v) is 15.6. The quantitative estimate of drug-likeness (QED) is 0.0706. The summed E-state index contributed by atoms with van der Waals surface area (Å²) in [6.07, 6.45) is 0.894. The Morgan fingerprint density at radius 1 is 1.04 bits per heavy atom. The molecule has 2 fully saturated rings. The molecule has 0 unspecified atom stereocenters. The van der Waals surface area contributed by atoms with E-state index in [0.717, 1.165) is 27.8 Å². The highest BCUT2D eigenvalue weighted by molar-refractivity contribution is 9.10. The van der Waals surface area contributed by atoms with Crippen molar-refractivity contribution in [3.8, 4) is 10.4 Å². The number of rotatable bonds is 19. The monoisotopic (exact) mass is 1040 g/mol. The van der Waals surface area contributed by atoms with Crippen LogP contribution in [0.5, 0.6) is 0 Å². The highest BCUT2D eigenvalue weighted by Gasteiger charge is 2.44. The zero-order chi connectivity index (χ0) is 49.5. The maximum absolute atomic E-state index is 14.3. The molecule has 2 aliphatic heterocycles. The van der Waals surface area contributed by atoms with E-state index in [2.05, 4.69) is 52.1 Å². The van der Waals surface area contributed by atoms with Crippen molar-refractivity contribution in [2.45, 2.75) is 97.4 Å². The van der Waals surface area contributed by atoms with E-state index in [1.165, 1.54) is 27.5 Å². The van der Waals surface area contributed by atoms with E-state index in [1.54, 1.807) is 16.8 Å². The molecule has 0 bridgehead atoms. The van der Waals surface area contributed by atoms with E-state index in [0.29, 0.717) is 17.3 Å². The lowest BCUT2D eigenvalue weighted by atomic mass is 9.76. The van der Waals surface area contributed by atoms with Gasteiger partial charge in [0.1, 0.15) is 23.5 Å². The largest absolute Gasteiger partial charge is 0.391 e. The van der Waals surface area contributed by atoms with Crippen molar-refractivity contribution < 1.29 is 41.9 Å². The number of aromatic nitrogens is 3. The number of aliphatic hydroxyl groups excluding tert-OH is 1. The van der Waals surface area contributed by atoms with E-state index in [9.17, 15) is 41.9 Å². The van der Waals surface area contributed by atoms with Crippen LogP contribution in [0, 0.1) is 24.1 Å². The number of aryl methyl sites for hydroxylation is 1. The second kappa shape index (κ2) is 22.3. The van der Waals surface area contributed by atoms with Crippen molar-refractivity contribution >= 4 is 84.2 Å². The van der Waals surface area contributed by atoms with Crippen LogP contribution in [-0.4, -0.2) is 117 Å². The maximum Gasteiger partial charge on any atom is 0.253 e. The van der Waals surface area contributed by atoms with Crippen LogP contribution < -0.4 is 27.0 Å². The van der Waals surface area contributed by atoms with Gasteiger partial charge in [-0.1, -0.05) is 51.1 Å². The van der Waals surface area contributed by atoms with Crippen LogP contribution in [0.15, 0.2) is 58.6 Å². The number of amides is 4. The summed E-state index contributed by atoms with van der Waals surface area (Å²) in [4.78, 5) is 81.3. The van der Waals surface area contributed by atoms with E-state index in [-0.39, 0.29) is 98.5 Å². The summed E-state index contributed by atoms with van der Waals surface area (Å²) < 4.78 is 42.6. The van der Waals surface area contributed by atoms with Crippen LogP contribution >= 0.6 is 27.3 Å². The van der Waals surface area contributed by atoms with Crippen LogP contribution in [0.2, 0.25) is 0 Å². The topological polar surface area (TPSA) is 259 Å². The number of β-amino-alcohol motifs (C(OH)–C–C–N with tert-alkyl or cyclic N) is 1. The highest BCUT2D eigenvalue weighted by Crippen LogP contribution is 2.35. The number of benzene rings is 2. The Labute approximate surface area is 407 Å². The molecule has 4 aromatic rings. The molecule has 0 spiro atoms. The van der Waals surface area contributed by atoms with Crippen LogP contribution in [-0.2, 0) is 29.2 Å². The first-order valence-corrected chi connectivity index (χ1v) is 25.6. The number of thiazole rings is 1. The van der Waals surface area contributed by atoms with E-state index < -0.39 is 62.9 Å². The van der Waals surface area contributed by atoms with Gasteiger partial charge in [0.05, 0.1) is 49.7 Å². The molecule has 6 rings (SSSR count). The van der Waals surface area contributed by atoms with Crippen LogP contribution in [0.3, 0.4) is 0 Å². The Morgan fingerprint density at radius 2 is 1.75 bits per heavy atom. The van der Waals surface area contributed by atoms with Crippen molar-refractivity contribution in [2.75, 3.05) is 42.6 Å². The molecule has 2 aliphatic rings. The number of anilines is 3. The third kappa shape index (κ3) is 13.2. The van der Waals surface area contributed by atoms with E-state index in [1.807, 2.05) is 58.9 Å². The van der Waals surface area contributed by atoms with Crippen molar-refractivity contribution in [3.63, 3.8) is 0 Å². The fourth-order valence-electron chi connectivity index (χ4n) is 8.28. The molecule has 2 aromatic carbocycles. The summed E-state index contributed by atoms with van der Waals surface area (Å²) >= 11 is 4.90. The molecule has 2 saturated heterocycles. The normalized spacial score (nSPS) is 17.9. The Kier molecular flexibility index (Phi) is 17.1. The number of halogens is 2. The zero-order valence-corrected chi connectivity index (χ0v) is 41.8. The zero-order valence-electron chi connectivity index (χ0n) is 38.6. The first kappa shape index (κ1) is 52.0. The number of carbonyl (C=O) groups excluding carboxylic acids is 5. The molecule has 4 amide bonds. The van der Waals surface area contributed by atoms with Gasteiger partial charge in [-0.2, -0.15) is 4.98 Å². The van der Waals surface area contributed by atoms with E-state index in [4.69, 9.17) is 5.73 Å². The minimum atomic E-state index is -3.75. The van der Waals surface area contributed by atoms with Gasteiger partial charge in [-0.3, -0.25) is 24.0 Å². The molecule has 4 heterocycles. The van der Waals surface area contributed by atoms with Gasteiger partial charge in [0.2, 0.25) is 33.7 Å². The highest BCUT2D eigenvalue weighted by atomic mass is 79.9. The molecule has 0 aliphatic carbocycles. The Bertz CT molecular complexity index is 2600. The number of likely N-dealkylation sites (tertiary alicyclic amines) is 1. The lowest BCUT2D eigenvalue weighted by molar-refractivity contribution is -0.146. The fraction of sp³-hybridized carbons (Fsp3) is 0.478. The van der Waals surface area contributed by atoms with Crippen LogP contribution in [0.1, 0.15) is 93.9 Å². The number of nitrogens with one attached hydrogen (secondary N) is 4. The van der Waals surface area contributed by atoms with Gasteiger partial charge in [0.15, 0.2) is 0 Å². The molecular formula is C46H58BrFN10O8S2. The number of aliphatic hydroxyl groups is 1. The Hall–Kier alpha value is -5.42. The maximum atomic E-state index is 14.3. The minimum absolute atomic E-state index is 0.0512. The number of piperidine rings is 1. The Morgan fingerprint density at radius 3 is 2.40 bits per heavy atom. The van der Waals surface area contributed by atoms with Crippen molar-refractivity contribution in [1.29, 1.82) is 0 Å². The number of carbonyl (C=O) groups is 5. The van der Waals surface area contributed by atoms with Gasteiger partial charge in [-0.25, -0.2) is 27.1 Å². The number of nitrogens with zero attached hydrogens (tertiary/aromatic N) is 5. The number of Topliss-reactive ketones (excluding diaryl/α,β-unsaturated/α-hetero) is 1. The molecule has 0 saturated carbocycles. The van der Waals surface area contributed by atoms with Gasteiger partial charge in [-0.15, -0.1) is 11.3 Å².